The molecule has 25 heavy (non-hydrogen) atoms. The molecule has 0 bridgehead atoms. The SMILES string of the molecule is Cc1nccn1CC[C@H](NC(=O)Cc1n[nH]c(=O)[nH]1)c1ccccc1. The minimum Gasteiger partial charge on any atom is -0.349 e. The number of aromatic nitrogens is 5. The van der Waals surface area contributed by atoms with Crippen LogP contribution in [0.3, 0.4) is 0 Å². The molecule has 2 heterocycles. The first-order chi connectivity index (χ1) is 12.1. The van der Waals surface area contributed by atoms with Gasteiger partial charge in [0.05, 0.1) is 12.5 Å². The molecule has 2 aromatic heterocycles. The molecule has 0 saturated heterocycles. The lowest BCUT2D eigenvalue weighted by Gasteiger charge is -2.19. The molecule has 0 aliphatic carbocycles. The number of aryl methyl sites for hydroxylation is 2. The second kappa shape index (κ2) is 7.61. The minimum absolute atomic E-state index is 0.0200. The van der Waals surface area contributed by atoms with Crippen LogP contribution >= 0.6 is 0 Å². The largest absolute Gasteiger partial charge is 0.349 e. The van der Waals surface area contributed by atoms with Crippen molar-refractivity contribution in [3.8, 4) is 0 Å². The predicted molar refractivity (Wildman–Crippen MR) is 91.8 cm³/mol. The third kappa shape index (κ3) is 4.43. The molecule has 8 heteroatoms. The van der Waals surface area contributed by atoms with E-state index in [1.165, 1.54) is 0 Å². The molecular weight excluding hydrogens is 320 g/mol. The molecule has 8 nitrogen and oxygen atoms in total. The fourth-order valence-corrected chi connectivity index (χ4v) is 2.70. The van der Waals surface area contributed by atoms with Gasteiger partial charge in [0.15, 0.2) is 0 Å². The van der Waals surface area contributed by atoms with Crippen LogP contribution in [0.1, 0.15) is 29.7 Å². The van der Waals surface area contributed by atoms with Crippen LogP contribution in [-0.2, 0) is 17.8 Å². The molecule has 3 aromatic rings. The van der Waals surface area contributed by atoms with Crippen molar-refractivity contribution in [1.82, 2.24) is 30.0 Å². The molecule has 0 aliphatic heterocycles. The second-order valence-corrected chi connectivity index (χ2v) is 5.79. The highest BCUT2D eigenvalue weighted by molar-refractivity contribution is 5.78. The lowest BCUT2D eigenvalue weighted by Crippen LogP contribution is -2.31. The van der Waals surface area contributed by atoms with Crippen molar-refractivity contribution in [2.75, 3.05) is 0 Å². The first-order valence-corrected chi connectivity index (χ1v) is 8.07. The lowest BCUT2D eigenvalue weighted by molar-refractivity contribution is -0.121. The van der Waals surface area contributed by atoms with E-state index in [-0.39, 0.29) is 18.4 Å². The van der Waals surface area contributed by atoms with Crippen molar-refractivity contribution < 1.29 is 4.79 Å². The molecule has 0 spiro atoms. The Labute approximate surface area is 144 Å². The highest BCUT2D eigenvalue weighted by Gasteiger charge is 2.16. The number of imidazole rings is 1. The first-order valence-electron chi connectivity index (χ1n) is 8.07. The zero-order valence-electron chi connectivity index (χ0n) is 13.9. The maximum atomic E-state index is 12.3. The van der Waals surface area contributed by atoms with Crippen molar-refractivity contribution in [3.63, 3.8) is 0 Å². The average Bonchev–Trinajstić information content (AvgIpc) is 3.20. The number of H-pyrrole nitrogens is 2. The van der Waals surface area contributed by atoms with E-state index in [1.807, 2.05) is 48.0 Å². The Morgan fingerprint density at radius 2 is 2.12 bits per heavy atom. The molecule has 1 atom stereocenters. The average molecular weight is 340 g/mol. The van der Waals surface area contributed by atoms with Crippen molar-refractivity contribution in [2.24, 2.45) is 0 Å². The Kier molecular flexibility index (Phi) is 5.08. The van der Waals surface area contributed by atoms with E-state index in [0.717, 1.165) is 24.4 Å². The van der Waals surface area contributed by atoms with Crippen LogP contribution in [0.15, 0.2) is 47.5 Å². The predicted octanol–water partition coefficient (Wildman–Crippen LogP) is 1.09. The van der Waals surface area contributed by atoms with Gasteiger partial charge in [0, 0.05) is 18.9 Å². The fraction of sp³-hybridized carbons (Fsp3) is 0.294. The summed E-state index contributed by atoms with van der Waals surface area (Å²) in [4.78, 5) is 30.1. The topological polar surface area (TPSA) is 108 Å². The normalized spacial score (nSPS) is 12.0. The summed E-state index contributed by atoms with van der Waals surface area (Å²) in [5.74, 6) is 1.06. The molecule has 0 radical (unpaired) electrons. The van der Waals surface area contributed by atoms with E-state index in [4.69, 9.17) is 0 Å². The maximum absolute atomic E-state index is 12.3. The number of nitrogens with one attached hydrogen (secondary N) is 3. The van der Waals surface area contributed by atoms with Gasteiger partial charge in [-0.05, 0) is 18.9 Å². The Hall–Kier alpha value is -3.16. The summed E-state index contributed by atoms with van der Waals surface area (Å²) in [6.45, 7) is 2.69. The first kappa shape index (κ1) is 16.7. The van der Waals surface area contributed by atoms with Gasteiger partial charge in [-0.1, -0.05) is 30.3 Å². The maximum Gasteiger partial charge on any atom is 0.340 e. The monoisotopic (exact) mass is 340 g/mol. The Morgan fingerprint density at radius 3 is 2.76 bits per heavy atom. The van der Waals surface area contributed by atoms with Gasteiger partial charge in [-0.25, -0.2) is 14.9 Å². The second-order valence-electron chi connectivity index (χ2n) is 5.79. The summed E-state index contributed by atoms with van der Waals surface area (Å²) >= 11 is 0. The van der Waals surface area contributed by atoms with Gasteiger partial charge in [-0.15, -0.1) is 0 Å². The number of aromatic amines is 2. The van der Waals surface area contributed by atoms with E-state index in [9.17, 15) is 9.59 Å². The summed E-state index contributed by atoms with van der Waals surface area (Å²) in [5, 5.41) is 9.05. The molecule has 1 amide bonds. The van der Waals surface area contributed by atoms with Gasteiger partial charge >= 0.3 is 5.69 Å². The van der Waals surface area contributed by atoms with Crippen LogP contribution in [0.4, 0.5) is 0 Å². The van der Waals surface area contributed by atoms with E-state index >= 15 is 0 Å². The molecule has 0 fully saturated rings. The number of nitrogens with zero attached hydrogens (tertiary/aromatic N) is 3. The van der Waals surface area contributed by atoms with Crippen molar-refractivity contribution >= 4 is 5.91 Å². The van der Waals surface area contributed by atoms with E-state index < -0.39 is 5.69 Å². The van der Waals surface area contributed by atoms with Crippen LogP contribution in [0.2, 0.25) is 0 Å². The van der Waals surface area contributed by atoms with Gasteiger partial charge in [0.1, 0.15) is 11.6 Å². The Balaban J connectivity index is 1.68. The number of benzene rings is 1. The van der Waals surface area contributed by atoms with Crippen molar-refractivity contribution in [3.05, 3.63) is 70.4 Å². The molecule has 130 valence electrons. The zero-order chi connectivity index (χ0) is 17.6. The van der Waals surface area contributed by atoms with Crippen molar-refractivity contribution in [2.45, 2.75) is 32.4 Å². The van der Waals surface area contributed by atoms with Crippen molar-refractivity contribution in [1.29, 1.82) is 0 Å². The number of hydrogen-bond donors (Lipinski definition) is 3. The van der Waals surface area contributed by atoms with Gasteiger partial charge in [0.25, 0.3) is 0 Å². The van der Waals surface area contributed by atoms with E-state index in [1.54, 1.807) is 6.20 Å². The number of carbonyl (C=O) groups excluding carboxylic acids is 1. The van der Waals surface area contributed by atoms with Crippen LogP contribution < -0.4 is 11.0 Å². The third-order valence-electron chi connectivity index (χ3n) is 4.00. The van der Waals surface area contributed by atoms with Gasteiger partial charge in [0.2, 0.25) is 5.91 Å². The van der Waals surface area contributed by atoms with Crippen LogP contribution in [-0.4, -0.2) is 30.6 Å². The van der Waals surface area contributed by atoms with E-state index in [2.05, 4.69) is 25.5 Å². The highest BCUT2D eigenvalue weighted by Crippen LogP contribution is 2.18. The fourth-order valence-electron chi connectivity index (χ4n) is 2.70. The van der Waals surface area contributed by atoms with Gasteiger partial charge < -0.3 is 9.88 Å². The zero-order valence-corrected chi connectivity index (χ0v) is 13.9. The molecule has 0 saturated carbocycles. The summed E-state index contributed by atoms with van der Waals surface area (Å²) in [6.07, 6.45) is 4.43. The number of amides is 1. The lowest BCUT2D eigenvalue weighted by atomic mass is 10.0. The molecule has 3 N–H and O–H groups in total. The number of rotatable bonds is 7. The third-order valence-corrected chi connectivity index (χ3v) is 4.00. The standard InChI is InChI=1S/C17H20N6O2/c1-12-18-8-10-23(12)9-7-14(13-5-3-2-4-6-13)19-16(24)11-15-20-17(25)22-21-15/h2-6,8,10,14H,7,9,11H2,1H3,(H,19,24)(H2,20,21,22,25)/t14-/m0/s1. The summed E-state index contributed by atoms with van der Waals surface area (Å²) in [7, 11) is 0. The Bertz CT molecular complexity index is 880. The van der Waals surface area contributed by atoms with Crippen LogP contribution in [0, 0.1) is 6.92 Å². The molecule has 1 aromatic carbocycles. The molecule has 0 unspecified atom stereocenters. The van der Waals surface area contributed by atoms with Crippen LogP contribution in [0.25, 0.3) is 0 Å². The smallest absolute Gasteiger partial charge is 0.340 e. The highest BCUT2D eigenvalue weighted by atomic mass is 16.2. The molecule has 3 rings (SSSR count). The number of hydrogen-bond acceptors (Lipinski definition) is 4. The van der Waals surface area contributed by atoms with Gasteiger partial charge in [-0.3, -0.25) is 9.78 Å². The number of carbonyl (C=O) groups is 1. The minimum atomic E-state index is -0.419. The summed E-state index contributed by atoms with van der Waals surface area (Å²) < 4.78 is 2.05. The molecule has 0 aliphatic rings. The Morgan fingerprint density at radius 1 is 1.32 bits per heavy atom. The quantitative estimate of drug-likeness (QED) is 0.598. The molecular formula is C17H20N6O2. The summed E-state index contributed by atoms with van der Waals surface area (Å²) in [5.41, 5.74) is 0.613. The van der Waals surface area contributed by atoms with E-state index in [0.29, 0.717) is 5.82 Å². The van der Waals surface area contributed by atoms with Crippen LogP contribution in [0.5, 0.6) is 0 Å². The summed E-state index contributed by atoms with van der Waals surface area (Å²) in [6, 6.07) is 9.67. The van der Waals surface area contributed by atoms with Gasteiger partial charge in [-0.2, -0.15) is 5.10 Å².